The van der Waals surface area contributed by atoms with Crippen molar-refractivity contribution in [2.75, 3.05) is 19.8 Å². The van der Waals surface area contributed by atoms with E-state index in [-0.39, 0.29) is 12.2 Å². The Balaban J connectivity index is 3.52. The van der Waals surface area contributed by atoms with Gasteiger partial charge in [0.25, 0.3) is 0 Å². The van der Waals surface area contributed by atoms with E-state index in [1.165, 1.54) is 6.08 Å². The molecule has 0 aromatic carbocycles. The third kappa shape index (κ3) is 8.74. The van der Waals surface area contributed by atoms with Crippen molar-refractivity contribution in [1.82, 2.24) is 0 Å². The van der Waals surface area contributed by atoms with Crippen molar-refractivity contribution in [3.63, 3.8) is 0 Å². The molecule has 0 unspecified atom stereocenters. The van der Waals surface area contributed by atoms with Gasteiger partial charge >= 0.3 is 5.97 Å². The van der Waals surface area contributed by atoms with Crippen LogP contribution >= 0.6 is 0 Å². The van der Waals surface area contributed by atoms with Crippen LogP contribution in [0.5, 0.6) is 0 Å². The van der Waals surface area contributed by atoms with E-state index in [0.29, 0.717) is 19.6 Å². The fourth-order valence-corrected chi connectivity index (χ4v) is 1.17. The van der Waals surface area contributed by atoms with Crippen LogP contribution in [0.1, 0.15) is 39.5 Å². The van der Waals surface area contributed by atoms with Crippen LogP contribution in [0, 0.1) is 11.3 Å². The largest absolute Gasteiger partial charge is 0.383 e. The summed E-state index contributed by atoms with van der Waals surface area (Å²) in [4.78, 5) is 20.4. The molecule has 0 aliphatic rings. The van der Waals surface area contributed by atoms with Crippen LogP contribution in [0.25, 0.3) is 0 Å². The Labute approximate surface area is 108 Å². The van der Waals surface area contributed by atoms with Gasteiger partial charge in [-0.2, -0.15) is 10.1 Å². The standard InChI is InChI=1S/C13H21NO4/c1-3-5-6-8-16-9-10-17-18-13(15)12(11-14)7-4-2/h7H,3-6,8-10H2,1-2H3. The van der Waals surface area contributed by atoms with Gasteiger partial charge in [0.15, 0.2) is 0 Å². The molecule has 0 aliphatic heterocycles. The first-order valence-corrected chi connectivity index (χ1v) is 6.28. The van der Waals surface area contributed by atoms with Gasteiger partial charge in [-0.25, -0.2) is 4.79 Å². The summed E-state index contributed by atoms with van der Waals surface area (Å²) in [6.07, 6.45) is 5.40. The molecule has 0 heterocycles. The summed E-state index contributed by atoms with van der Waals surface area (Å²) < 4.78 is 5.26. The zero-order chi connectivity index (χ0) is 13.6. The zero-order valence-electron chi connectivity index (χ0n) is 11.1. The first-order chi connectivity index (χ1) is 8.76. The van der Waals surface area contributed by atoms with E-state index in [0.717, 1.165) is 19.3 Å². The molecule has 0 aromatic rings. The van der Waals surface area contributed by atoms with Gasteiger partial charge in [-0.3, -0.25) is 4.89 Å². The Hall–Kier alpha value is -1.38. The number of carbonyl (C=O) groups excluding carboxylic acids is 1. The van der Waals surface area contributed by atoms with E-state index in [4.69, 9.17) is 10.00 Å². The van der Waals surface area contributed by atoms with Crippen molar-refractivity contribution in [2.45, 2.75) is 39.5 Å². The molecular formula is C13H21NO4. The number of nitriles is 1. The van der Waals surface area contributed by atoms with Crippen molar-refractivity contribution in [1.29, 1.82) is 5.26 Å². The molecule has 102 valence electrons. The average molecular weight is 255 g/mol. The van der Waals surface area contributed by atoms with Gasteiger partial charge in [-0.1, -0.05) is 32.8 Å². The zero-order valence-corrected chi connectivity index (χ0v) is 11.1. The predicted octanol–water partition coefficient (Wildman–Crippen LogP) is 2.53. The molecule has 0 saturated carbocycles. The van der Waals surface area contributed by atoms with Crippen LogP contribution in [0.4, 0.5) is 0 Å². The summed E-state index contributed by atoms with van der Waals surface area (Å²) in [5.41, 5.74) is -0.0404. The second-order valence-corrected chi connectivity index (χ2v) is 3.65. The molecule has 0 fully saturated rings. The number of hydrogen-bond donors (Lipinski definition) is 0. The van der Waals surface area contributed by atoms with Crippen LogP contribution in [0.15, 0.2) is 11.6 Å². The van der Waals surface area contributed by atoms with Crippen LogP contribution < -0.4 is 0 Å². The molecule has 0 atom stereocenters. The molecule has 0 amide bonds. The SMILES string of the molecule is CCC=C(C#N)C(=O)OOCCOCCCCC. The van der Waals surface area contributed by atoms with Crippen LogP contribution in [-0.4, -0.2) is 25.8 Å². The minimum atomic E-state index is -0.759. The van der Waals surface area contributed by atoms with Crippen molar-refractivity contribution in [3.05, 3.63) is 11.6 Å². The topological polar surface area (TPSA) is 68.6 Å². The monoisotopic (exact) mass is 255 g/mol. The lowest BCUT2D eigenvalue weighted by Gasteiger charge is -2.04. The Morgan fingerprint density at radius 3 is 2.61 bits per heavy atom. The summed E-state index contributed by atoms with van der Waals surface area (Å²) in [6, 6.07) is 1.75. The number of allylic oxidation sites excluding steroid dienone is 1. The summed E-state index contributed by atoms with van der Waals surface area (Å²) in [5.74, 6) is -0.759. The molecule has 0 spiro atoms. The number of rotatable bonds is 10. The van der Waals surface area contributed by atoms with Gasteiger partial charge in [0.1, 0.15) is 18.2 Å². The summed E-state index contributed by atoms with van der Waals surface area (Å²) in [7, 11) is 0. The third-order valence-electron chi connectivity index (χ3n) is 2.09. The van der Waals surface area contributed by atoms with Crippen LogP contribution in [0.3, 0.4) is 0 Å². The van der Waals surface area contributed by atoms with E-state index in [9.17, 15) is 4.79 Å². The minimum absolute atomic E-state index is 0.0404. The van der Waals surface area contributed by atoms with Gasteiger partial charge in [0.2, 0.25) is 0 Å². The lowest BCUT2D eigenvalue weighted by Crippen LogP contribution is -2.11. The molecular weight excluding hydrogens is 234 g/mol. The van der Waals surface area contributed by atoms with E-state index in [2.05, 4.69) is 16.7 Å². The molecule has 0 aliphatic carbocycles. The molecule has 0 saturated heterocycles. The van der Waals surface area contributed by atoms with Gasteiger partial charge in [0.05, 0.1) is 6.61 Å². The maximum Gasteiger partial charge on any atom is 0.383 e. The van der Waals surface area contributed by atoms with Crippen molar-refractivity contribution < 1.29 is 19.3 Å². The van der Waals surface area contributed by atoms with Crippen LogP contribution in [0.2, 0.25) is 0 Å². The number of nitrogens with zero attached hydrogens (tertiary/aromatic N) is 1. The fourth-order valence-electron chi connectivity index (χ4n) is 1.17. The molecule has 0 N–H and O–H groups in total. The predicted molar refractivity (Wildman–Crippen MR) is 66.4 cm³/mol. The van der Waals surface area contributed by atoms with Crippen molar-refractivity contribution in [2.24, 2.45) is 0 Å². The second kappa shape index (κ2) is 12.1. The van der Waals surface area contributed by atoms with Gasteiger partial charge in [0, 0.05) is 6.61 Å². The molecule has 5 heteroatoms. The fraction of sp³-hybridized carbons (Fsp3) is 0.692. The number of carbonyl (C=O) groups is 1. The second-order valence-electron chi connectivity index (χ2n) is 3.65. The minimum Gasteiger partial charge on any atom is -0.379 e. The quantitative estimate of drug-likeness (QED) is 0.197. The Kier molecular flexibility index (Phi) is 11.2. The Bertz CT molecular complexity index is 294. The average Bonchev–Trinajstić information content (AvgIpc) is 2.38. The first kappa shape index (κ1) is 16.6. The molecule has 18 heavy (non-hydrogen) atoms. The molecule has 0 rings (SSSR count). The Morgan fingerprint density at radius 1 is 1.22 bits per heavy atom. The maximum absolute atomic E-state index is 11.3. The maximum atomic E-state index is 11.3. The smallest absolute Gasteiger partial charge is 0.379 e. The van der Waals surface area contributed by atoms with Crippen LogP contribution in [-0.2, 0) is 19.3 Å². The molecule has 0 bridgehead atoms. The summed E-state index contributed by atoms with van der Waals surface area (Å²) in [6.45, 7) is 5.18. The summed E-state index contributed by atoms with van der Waals surface area (Å²) >= 11 is 0. The van der Waals surface area contributed by atoms with E-state index in [1.54, 1.807) is 6.07 Å². The highest BCUT2D eigenvalue weighted by Crippen LogP contribution is 1.99. The van der Waals surface area contributed by atoms with Gasteiger partial charge in [-0.05, 0) is 12.8 Å². The van der Waals surface area contributed by atoms with E-state index >= 15 is 0 Å². The summed E-state index contributed by atoms with van der Waals surface area (Å²) in [5, 5.41) is 8.65. The highest BCUT2D eigenvalue weighted by Gasteiger charge is 2.10. The molecule has 5 nitrogen and oxygen atoms in total. The van der Waals surface area contributed by atoms with Crippen molar-refractivity contribution >= 4 is 5.97 Å². The van der Waals surface area contributed by atoms with Crippen molar-refractivity contribution in [3.8, 4) is 6.07 Å². The van der Waals surface area contributed by atoms with Gasteiger partial charge < -0.3 is 4.74 Å². The molecule has 0 radical (unpaired) electrons. The molecule has 0 aromatic heterocycles. The normalized spacial score (nSPS) is 11.1. The van der Waals surface area contributed by atoms with E-state index in [1.807, 2.05) is 6.92 Å². The lowest BCUT2D eigenvalue weighted by molar-refractivity contribution is -0.272. The lowest BCUT2D eigenvalue weighted by atomic mass is 10.2. The highest BCUT2D eigenvalue weighted by atomic mass is 17.2. The van der Waals surface area contributed by atoms with Gasteiger partial charge in [-0.15, -0.1) is 0 Å². The number of hydrogen-bond acceptors (Lipinski definition) is 5. The third-order valence-corrected chi connectivity index (χ3v) is 2.09. The number of unbranched alkanes of at least 4 members (excludes halogenated alkanes) is 2. The Morgan fingerprint density at radius 2 is 2.00 bits per heavy atom. The van der Waals surface area contributed by atoms with E-state index < -0.39 is 5.97 Å². The first-order valence-electron chi connectivity index (χ1n) is 6.28. The highest BCUT2D eigenvalue weighted by molar-refractivity contribution is 5.92. The number of ether oxygens (including phenoxy) is 1.